The van der Waals surface area contributed by atoms with Gasteiger partial charge in [-0.05, 0) is 18.6 Å². The summed E-state index contributed by atoms with van der Waals surface area (Å²) in [5.41, 5.74) is 0.637. The molecular formula is C15H16N2O5. The summed E-state index contributed by atoms with van der Waals surface area (Å²) in [6, 6.07) is 2.05. The Morgan fingerprint density at radius 3 is 2.55 bits per heavy atom. The number of carbonyl (C=O) groups excluding carboxylic acids is 3. The van der Waals surface area contributed by atoms with Gasteiger partial charge in [-0.1, -0.05) is 5.92 Å². The molecule has 0 aliphatic rings. The van der Waals surface area contributed by atoms with Gasteiger partial charge >= 0.3 is 11.9 Å². The summed E-state index contributed by atoms with van der Waals surface area (Å²) in [5, 5.41) is 2.49. The Labute approximate surface area is 128 Å². The fraction of sp³-hybridized carbons (Fsp3) is 0.333. The molecule has 1 rings (SSSR count). The Kier molecular flexibility index (Phi) is 6.57. The molecular weight excluding hydrogens is 288 g/mol. The molecule has 116 valence electrons. The van der Waals surface area contributed by atoms with Gasteiger partial charge in [0.15, 0.2) is 0 Å². The second-order valence-corrected chi connectivity index (χ2v) is 4.24. The van der Waals surface area contributed by atoms with Crippen molar-refractivity contribution in [1.82, 2.24) is 10.3 Å². The minimum Gasteiger partial charge on any atom is -0.469 e. The number of aromatic nitrogens is 1. The number of methoxy groups -OCH3 is 2. The van der Waals surface area contributed by atoms with Crippen molar-refractivity contribution in [1.29, 1.82) is 0 Å². The van der Waals surface area contributed by atoms with Gasteiger partial charge in [0.2, 0.25) is 0 Å². The van der Waals surface area contributed by atoms with E-state index < -0.39 is 23.9 Å². The molecule has 1 aromatic heterocycles. The first-order valence-electron chi connectivity index (χ1n) is 6.40. The zero-order valence-electron chi connectivity index (χ0n) is 12.3. The van der Waals surface area contributed by atoms with Crippen LogP contribution in [0.3, 0.4) is 0 Å². The molecule has 1 aromatic rings. The third kappa shape index (κ3) is 4.90. The van der Waals surface area contributed by atoms with Crippen molar-refractivity contribution in [3.8, 4) is 12.3 Å². The fourth-order valence-electron chi connectivity index (χ4n) is 1.61. The molecule has 1 heterocycles. The van der Waals surface area contributed by atoms with E-state index in [2.05, 4.69) is 25.7 Å². The van der Waals surface area contributed by atoms with Gasteiger partial charge in [-0.2, -0.15) is 0 Å². The summed E-state index contributed by atoms with van der Waals surface area (Å²) in [4.78, 5) is 38.7. The lowest BCUT2D eigenvalue weighted by atomic mass is 10.1. The number of terminal acetylenes is 1. The van der Waals surface area contributed by atoms with Gasteiger partial charge in [-0.25, -0.2) is 9.78 Å². The SMILES string of the molecule is C#Cc1ccc(C(=O)N[C@@H](CCC(=O)OC)C(=O)OC)cn1. The van der Waals surface area contributed by atoms with E-state index in [-0.39, 0.29) is 18.4 Å². The van der Waals surface area contributed by atoms with Crippen LogP contribution < -0.4 is 5.32 Å². The number of carbonyl (C=O) groups is 3. The highest BCUT2D eigenvalue weighted by Gasteiger charge is 2.23. The molecule has 0 aliphatic heterocycles. The number of ether oxygens (including phenoxy) is 2. The third-order valence-electron chi connectivity index (χ3n) is 2.83. The van der Waals surface area contributed by atoms with Gasteiger partial charge in [0.1, 0.15) is 11.7 Å². The Morgan fingerprint density at radius 1 is 1.32 bits per heavy atom. The number of pyridine rings is 1. The maximum atomic E-state index is 12.1. The highest BCUT2D eigenvalue weighted by atomic mass is 16.5. The molecule has 1 amide bonds. The van der Waals surface area contributed by atoms with Crippen LogP contribution in [0.15, 0.2) is 18.3 Å². The summed E-state index contributed by atoms with van der Waals surface area (Å²) in [7, 11) is 2.44. The lowest BCUT2D eigenvalue weighted by Crippen LogP contribution is -2.41. The average molecular weight is 304 g/mol. The average Bonchev–Trinajstić information content (AvgIpc) is 2.57. The summed E-state index contributed by atoms with van der Waals surface area (Å²) >= 11 is 0. The highest BCUT2D eigenvalue weighted by molar-refractivity contribution is 5.96. The second kappa shape index (κ2) is 8.42. The minimum absolute atomic E-state index is 0.0230. The van der Waals surface area contributed by atoms with E-state index in [4.69, 9.17) is 6.42 Å². The van der Waals surface area contributed by atoms with Crippen LogP contribution in [-0.2, 0) is 19.1 Å². The number of rotatable bonds is 6. The zero-order valence-corrected chi connectivity index (χ0v) is 12.3. The lowest BCUT2D eigenvalue weighted by Gasteiger charge is -2.15. The van der Waals surface area contributed by atoms with Crippen LogP contribution in [0.5, 0.6) is 0 Å². The number of hydrogen-bond acceptors (Lipinski definition) is 6. The molecule has 1 N–H and O–H groups in total. The first-order chi connectivity index (χ1) is 10.5. The van der Waals surface area contributed by atoms with Crippen LogP contribution in [0, 0.1) is 12.3 Å². The van der Waals surface area contributed by atoms with Gasteiger partial charge in [-0.15, -0.1) is 6.42 Å². The van der Waals surface area contributed by atoms with E-state index >= 15 is 0 Å². The molecule has 0 aromatic carbocycles. The molecule has 0 aliphatic carbocycles. The van der Waals surface area contributed by atoms with E-state index in [1.54, 1.807) is 0 Å². The molecule has 7 nitrogen and oxygen atoms in total. The van der Waals surface area contributed by atoms with E-state index in [9.17, 15) is 14.4 Å². The van der Waals surface area contributed by atoms with Crippen molar-refractivity contribution in [2.75, 3.05) is 14.2 Å². The maximum absolute atomic E-state index is 12.1. The second-order valence-electron chi connectivity index (χ2n) is 4.24. The van der Waals surface area contributed by atoms with Crippen LogP contribution >= 0.6 is 0 Å². The summed E-state index contributed by atoms with van der Waals surface area (Å²) in [6.07, 6.45) is 6.53. The van der Waals surface area contributed by atoms with Crippen LogP contribution in [-0.4, -0.2) is 43.1 Å². The molecule has 0 spiro atoms. The minimum atomic E-state index is -0.955. The van der Waals surface area contributed by atoms with E-state index in [1.165, 1.54) is 32.5 Å². The molecule has 0 saturated heterocycles. The van der Waals surface area contributed by atoms with Gasteiger partial charge in [-0.3, -0.25) is 9.59 Å². The first kappa shape index (κ1) is 17.2. The molecule has 7 heteroatoms. The predicted octanol–water partition coefficient (Wildman–Crippen LogP) is 0.287. The van der Waals surface area contributed by atoms with Crippen molar-refractivity contribution in [2.24, 2.45) is 0 Å². The Hall–Kier alpha value is -2.88. The molecule has 22 heavy (non-hydrogen) atoms. The van der Waals surface area contributed by atoms with Crippen LogP contribution in [0.25, 0.3) is 0 Å². The molecule has 0 unspecified atom stereocenters. The first-order valence-corrected chi connectivity index (χ1v) is 6.40. The highest BCUT2D eigenvalue weighted by Crippen LogP contribution is 2.05. The molecule has 0 radical (unpaired) electrons. The predicted molar refractivity (Wildman–Crippen MR) is 76.7 cm³/mol. The monoisotopic (exact) mass is 304 g/mol. The van der Waals surface area contributed by atoms with Crippen molar-refractivity contribution in [2.45, 2.75) is 18.9 Å². The number of hydrogen-bond donors (Lipinski definition) is 1. The smallest absolute Gasteiger partial charge is 0.328 e. The summed E-state index contributed by atoms with van der Waals surface area (Å²) < 4.78 is 9.10. The Morgan fingerprint density at radius 2 is 2.05 bits per heavy atom. The summed E-state index contributed by atoms with van der Waals surface area (Å²) in [5.74, 6) is 0.684. The number of nitrogens with zero attached hydrogens (tertiary/aromatic N) is 1. The number of esters is 2. The van der Waals surface area contributed by atoms with E-state index in [1.807, 2.05) is 0 Å². The standard InChI is InChI=1S/C15H16N2O5/c1-4-11-6-5-10(9-16-11)14(19)17-12(15(20)22-3)7-8-13(18)21-2/h1,5-6,9,12H,7-8H2,2-3H3,(H,17,19)/t12-/m0/s1. The van der Waals surface area contributed by atoms with Crippen molar-refractivity contribution in [3.63, 3.8) is 0 Å². The maximum Gasteiger partial charge on any atom is 0.328 e. The van der Waals surface area contributed by atoms with Crippen LogP contribution in [0.2, 0.25) is 0 Å². The normalized spacial score (nSPS) is 11.0. The van der Waals surface area contributed by atoms with E-state index in [0.717, 1.165) is 0 Å². The molecule has 0 bridgehead atoms. The summed E-state index contributed by atoms with van der Waals surface area (Å²) in [6.45, 7) is 0. The molecule has 0 saturated carbocycles. The topological polar surface area (TPSA) is 94.6 Å². The zero-order chi connectivity index (χ0) is 16.5. The quantitative estimate of drug-likeness (QED) is 0.599. The van der Waals surface area contributed by atoms with Gasteiger partial charge in [0.05, 0.1) is 19.8 Å². The van der Waals surface area contributed by atoms with Gasteiger partial charge < -0.3 is 14.8 Å². The van der Waals surface area contributed by atoms with Gasteiger partial charge in [0.25, 0.3) is 5.91 Å². The van der Waals surface area contributed by atoms with E-state index in [0.29, 0.717) is 5.69 Å². The van der Waals surface area contributed by atoms with Crippen molar-refractivity contribution in [3.05, 3.63) is 29.6 Å². The van der Waals surface area contributed by atoms with Crippen LogP contribution in [0.4, 0.5) is 0 Å². The number of nitrogens with one attached hydrogen (secondary N) is 1. The van der Waals surface area contributed by atoms with Gasteiger partial charge in [0, 0.05) is 12.6 Å². The Balaban J connectivity index is 2.75. The third-order valence-corrected chi connectivity index (χ3v) is 2.83. The van der Waals surface area contributed by atoms with Crippen molar-refractivity contribution >= 4 is 17.8 Å². The lowest BCUT2D eigenvalue weighted by molar-refractivity contribution is -0.144. The number of amides is 1. The molecule has 1 atom stereocenters. The Bertz CT molecular complexity index is 589. The van der Waals surface area contributed by atoms with Crippen molar-refractivity contribution < 1.29 is 23.9 Å². The largest absolute Gasteiger partial charge is 0.469 e. The molecule has 0 fully saturated rings. The van der Waals surface area contributed by atoms with Crippen LogP contribution in [0.1, 0.15) is 28.9 Å². The fourth-order valence-corrected chi connectivity index (χ4v) is 1.61.